The molecular weight excluding hydrogens is 1400 g/mol. The first-order valence-electron chi connectivity index (χ1n) is 42.4. The van der Waals surface area contributed by atoms with Crippen molar-refractivity contribution in [3.63, 3.8) is 0 Å². The van der Waals surface area contributed by atoms with Crippen molar-refractivity contribution in [1.82, 2.24) is 0 Å². The van der Waals surface area contributed by atoms with Crippen molar-refractivity contribution in [2.45, 2.75) is 367 Å². The van der Waals surface area contributed by atoms with Crippen LogP contribution in [0.4, 0.5) is 0 Å². The fraction of sp³-hybridized carbons (Fsp3) is 0.708. The molecule has 0 radical (unpaired) electrons. The van der Waals surface area contributed by atoms with Gasteiger partial charge in [-0.2, -0.15) is 0 Å². The third kappa shape index (κ3) is 79.3. The Morgan fingerprint density at radius 1 is 0.269 bits per heavy atom. The zero-order chi connectivity index (χ0) is 78.9. The van der Waals surface area contributed by atoms with Gasteiger partial charge in [0.15, 0.2) is 12.2 Å². The van der Waals surface area contributed by atoms with Gasteiger partial charge in [-0.25, -0.2) is 9.13 Å². The van der Waals surface area contributed by atoms with Gasteiger partial charge in [0, 0.05) is 25.7 Å². The smallest absolute Gasteiger partial charge is 0.462 e. The summed E-state index contributed by atoms with van der Waals surface area (Å²) >= 11 is 0. The molecule has 17 nitrogen and oxygen atoms in total. The first kappa shape index (κ1) is 103. The van der Waals surface area contributed by atoms with Crippen molar-refractivity contribution in [1.29, 1.82) is 0 Å². The van der Waals surface area contributed by atoms with E-state index in [4.69, 9.17) is 37.0 Å². The first-order valence-corrected chi connectivity index (χ1v) is 45.4. The molecule has 19 heteroatoms. The molecule has 0 spiro atoms. The van der Waals surface area contributed by atoms with Gasteiger partial charge in [-0.15, -0.1) is 0 Å². The Balaban J connectivity index is 5.40. The molecule has 0 rings (SSSR count). The Morgan fingerprint density at radius 2 is 0.481 bits per heavy atom. The Morgan fingerprint density at radius 3 is 0.750 bits per heavy atom. The fourth-order valence-corrected chi connectivity index (χ4v) is 12.8. The molecule has 5 atom stereocenters. The van der Waals surface area contributed by atoms with Gasteiger partial charge >= 0.3 is 39.5 Å². The average molecular weight is 1560 g/mol. The lowest BCUT2D eigenvalue weighted by atomic mass is 10.1. The van der Waals surface area contributed by atoms with Gasteiger partial charge in [0.05, 0.1) is 26.4 Å². The molecule has 0 saturated carbocycles. The van der Waals surface area contributed by atoms with Crippen LogP contribution in [0.2, 0.25) is 0 Å². The summed E-state index contributed by atoms with van der Waals surface area (Å²) in [5, 5.41) is 10.7. The number of phosphoric acid groups is 2. The third-order valence-electron chi connectivity index (χ3n) is 17.6. The van der Waals surface area contributed by atoms with Crippen LogP contribution in [0.3, 0.4) is 0 Å². The summed E-state index contributed by atoms with van der Waals surface area (Å²) < 4.78 is 68.8. The van der Waals surface area contributed by atoms with E-state index >= 15 is 0 Å². The molecule has 0 aliphatic carbocycles. The molecule has 620 valence electrons. The Kier molecular flexibility index (Phi) is 76.7. The highest BCUT2D eigenvalue weighted by Gasteiger charge is 2.30. The van der Waals surface area contributed by atoms with E-state index in [0.29, 0.717) is 25.7 Å². The summed E-state index contributed by atoms with van der Waals surface area (Å²) in [6, 6.07) is 0. The van der Waals surface area contributed by atoms with Crippen molar-refractivity contribution in [3.8, 4) is 0 Å². The highest BCUT2D eigenvalue weighted by molar-refractivity contribution is 7.47. The van der Waals surface area contributed by atoms with Crippen LogP contribution in [0.25, 0.3) is 0 Å². The van der Waals surface area contributed by atoms with Crippen LogP contribution in [0.5, 0.6) is 0 Å². The Bertz CT molecular complexity index is 2560. The lowest BCUT2D eigenvalue weighted by Gasteiger charge is -2.21. The van der Waals surface area contributed by atoms with Crippen LogP contribution < -0.4 is 0 Å². The van der Waals surface area contributed by atoms with Crippen molar-refractivity contribution in [3.05, 3.63) is 134 Å². The number of aliphatic hydroxyl groups is 1. The van der Waals surface area contributed by atoms with Gasteiger partial charge in [0.1, 0.15) is 19.3 Å². The molecule has 0 saturated heterocycles. The predicted molar refractivity (Wildman–Crippen MR) is 445 cm³/mol. The monoisotopic (exact) mass is 1560 g/mol. The number of hydrogen-bond donors (Lipinski definition) is 3. The van der Waals surface area contributed by atoms with E-state index in [1.165, 1.54) is 38.5 Å². The maximum absolute atomic E-state index is 13.1. The van der Waals surface area contributed by atoms with E-state index in [1.807, 2.05) is 0 Å². The molecule has 3 N–H and O–H groups in total. The summed E-state index contributed by atoms with van der Waals surface area (Å²) in [4.78, 5) is 73.3. The second-order valence-corrected chi connectivity index (χ2v) is 30.9. The second-order valence-electron chi connectivity index (χ2n) is 28.0. The average Bonchev–Trinajstić information content (AvgIpc) is 0.906. The fourth-order valence-electron chi connectivity index (χ4n) is 11.2. The predicted octanol–water partition coefficient (Wildman–Crippen LogP) is 25.2. The Labute approximate surface area is 656 Å². The molecule has 0 aromatic carbocycles. The van der Waals surface area contributed by atoms with Crippen LogP contribution >= 0.6 is 15.6 Å². The number of esters is 4. The van der Waals surface area contributed by atoms with Crippen molar-refractivity contribution < 1.29 is 80.2 Å². The first-order chi connectivity index (χ1) is 52.7. The normalized spacial score (nSPS) is 14.5. The molecule has 0 heterocycles. The zero-order valence-electron chi connectivity index (χ0n) is 68.0. The summed E-state index contributed by atoms with van der Waals surface area (Å²) in [6.07, 6.45) is 91.2. The third-order valence-corrected chi connectivity index (χ3v) is 19.5. The highest BCUT2D eigenvalue weighted by atomic mass is 31.2. The molecular formula is C89H152O17P2. The van der Waals surface area contributed by atoms with Crippen molar-refractivity contribution in [2.75, 3.05) is 39.6 Å². The van der Waals surface area contributed by atoms with E-state index in [2.05, 4.69) is 161 Å². The van der Waals surface area contributed by atoms with Gasteiger partial charge in [-0.05, 0) is 154 Å². The number of ether oxygens (including phenoxy) is 4. The lowest BCUT2D eigenvalue weighted by Crippen LogP contribution is -2.30. The maximum atomic E-state index is 13.1. The topological polar surface area (TPSA) is 237 Å². The lowest BCUT2D eigenvalue weighted by molar-refractivity contribution is -0.161. The van der Waals surface area contributed by atoms with Crippen LogP contribution in [-0.2, 0) is 65.4 Å². The number of hydrogen-bond acceptors (Lipinski definition) is 15. The van der Waals surface area contributed by atoms with E-state index in [-0.39, 0.29) is 25.7 Å². The summed E-state index contributed by atoms with van der Waals surface area (Å²) in [5.41, 5.74) is 0. The van der Waals surface area contributed by atoms with Crippen molar-refractivity contribution >= 4 is 39.5 Å². The standard InChI is InChI=1S/C89H152O17P2/c1-5-9-13-17-21-25-29-33-37-40-41-44-47-50-54-58-62-66-70-74-87(92)100-80-85(106-89(94)76-72-68-64-60-56-52-48-43-39-35-31-27-23-19-15-11-7-3)82-104-108(97,98)102-78-83(90)77-101-107(95,96)103-81-84(105-88(93)75-71-67-63-59-55-51-45-36-32-28-24-20-16-12-8-4)79-99-86(91)73-69-65-61-57-53-49-46-42-38-34-30-26-22-18-14-10-6-2/h9-11,13-15,21-23,25-27,33-39,41,44-45,83-85,90H,5-8,12,16-20,24,28-32,40,42-43,46-82H2,1-4H3,(H,95,96)(H,97,98)/b13-9-,14-10-,15-11-,25-21-,26-22-,27-23-,37-33-,38-34-,39-35-,44-41-,45-36-. The number of carbonyl (C=O) groups excluding carboxylic acids is 4. The van der Waals surface area contributed by atoms with E-state index in [0.717, 1.165) is 231 Å². The number of phosphoric ester groups is 2. The molecule has 0 aromatic rings. The van der Waals surface area contributed by atoms with Gasteiger partial charge < -0.3 is 33.8 Å². The number of rotatable bonds is 79. The van der Waals surface area contributed by atoms with E-state index in [9.17, 15) is 43.2 Å². The van der Waals surface area contributed by atoms with Gasteiger partial charge in [0.25, 0.3) is 0 Å². The number of allylic oxidation sites excluding steroid dienone is 22. The quantitative estimate of drug-likeness (QED) is 0.0169. The van der Waals surface area contributed by atoms with Gasteiger partial charge in [-0.3, -0.25) is 37.3 Å². The molecule has 0 aliphatic rings. The second kappa shape index (κ2) is 80.3. The molecule has 5 unspecified atom stereocenters. The van der Waals surface area contributed by atoms with Crippen LogP contribution in [0.15, 0.2) is 134 Å². The van der Waals surface area contributed by atoms with Crippen LogP contribution in [0.1, 0.15) is 349 Å². The van der Waals surface area contributed by atoms with E-state index in [1.54, 1.807) is 0 Å². The molecule has 0 bridgehead atoms. The van der Waals surface area contributed by atoms with Crippen LogP contribution in [-0.4, -0.2) is 96.7 Å². The molecule has 0 fully saturated rings. The molecule has 108 heavy (non-hydrogen) atoms. The maximum Gasteiger partial charge on any atom is 0.472 e. The summed E-state index contributed by atoms with van der Waals surface area (Å²) in [6.45, 7) is 4.54. The SMILES string of the molecule is CC/C=C\C/C=C\C/C=C\C/C=C\CCCCCCCCC(=O)OCC(COP(=O)(O)OCC(O)COP(=O)(O)OCC(COC(=O)CCCCCCCCC/C=C\C/C=C\C/C=C\CC)OC(=O)CCCCCCC/C=C\CCCCCCCC)OC(=O)CCCCCCCCC/C=C\C/C=C\C/C=C\CC. The molecule has 0 aromatic heterocycles. The van der Waals surface area contributed by atoms with Gasteiger partial charge in [0.2, 0.25) is 0 Å². The summed E-state index contributed by atoms with van der Waals surface area (Å²) in [5.74, 6) is -2.21. The number of unbranched alkanes of at least 4 members (excludes halogenated alkanes) is 31. The number of carbonyl (C=O) groups is 4. The highest BCUT2D eigenvalue weighted by Crippen LogP contribution is 2.45. The minimum absolute atomic E-state index is 0.0775. The largest absolute Gasteiger partial charge is 0.472 e. The van der Waals surface area contributed by atoms with Gasteiger partial charge in [-0.1, -0.05) is 303 Å². The van der Waals surface area contributed by atoms with Crippen molar-refractivity contribution in [2.24, 2.45) is 0 Å². The molecule has 0 amide bonds. The zero-order valence-corrected chi connectivity index (χ0v) is 69.8. The summed E-state index contributed by atoms with van der Waals surface area (Å²) in [7, 11) is -9.98. The molecule has 0 aliphatic heterocycles. The van der Waals surface area contributed by atoms with Crippen LogP contribution in [0, 0.1) is 0 Å². The minimum Gasteiger partial charge on any atom is -0.462 e. The Hall–Kier alpha value is -4.80. The number of aliphatic hydroxyl groups excluding tert-OH is 1. The minimum atomic E-state index is -4.99. The van der Waals surface area contributed by atoms with E-state index < -0.39 is 97.5 Å².